The quantitative estimate of drug-likeness (QED) is 0.690. The maximum Gasteiger partial charge on any atom is 0.337 e. The van der Waals surface area contributed by atoms with Gasteiger partial charge in [0.1, 0.15) is 0 Å². The highest BCUT2D eigenvalue weighted by atomic mass is 16.4. The van der Waals surface area contributed by atoms with E-state index in [4.69, 9.17) is 0 Å². The van der Waals surface area contributed by atoms with Gasteiger partial charge in [0, 0.05) is 23.7 Å². The Labute approximate surface area is 126 Å². The number of aromatic carboxylic acids is 1. The van der Waals surface area contributed by atoms with Crippen LogP contribution in [0.2, 0.25) is 0 Å². The molecule has 3 rings (SSSR count). The van der Waals surface area contributed by atoms with Crippen LogP contribution in [0.5, 0.6) is 0 Å². The Kier molecular flexibility index (Phi) is 3.72. The number of nitrogens with one attached hydrogen (secondary N) is 1. The van der Waals surface area contributed by atoms with Crippen LogP contribution in [-0.2, 0) is 6.61 Å². The number of hydrogen-bond donors (Lipinski definition) is 3. The van der Waals surface area contributed by atoms with E-state index in [0.717, 1.165) is 16.7 Å². The van der Waals surface area contributed by atoms with Crippen molar-refractivity contribution in [2.75, 3.05) is 0 Å². The van der Waals surface area contributed by atoms with Crippen LogP contribution in [0.25, 0.3) is 22.5 Å². The number of carbonyl (C=O) groups is 1. The van der Waals surface area contributed by atoms with Gasteiger partial charge in [0.05, 0.1) is 17.9 Å². The van der Waals surface area contributed by atoms with E-state index in [1.54, 1.807) is 36.7 Å². The molecule has 2 heterocycles. The predicted octanol–water partition coefficient (Wildman–Crippen LogP) is 2.93. The molecule has 5 nitrogen and oxygen atoms in total. The highest BCUT2D eigenvalue weighted by Gasteiger charge is 2.17. The summed E-state index contributed by atoms with van der Waals surface area (Å²) in [6, 6.07) is 12.4. The molecule has 0 saturated carbocycles. The minimum Gasteiger partial charge on any atom is -0.478 e. The Bertz CT molecular complexity index is 810. The highest BCUT2D eigenvalue weighted by Crippen LogP contribution is 2.29. The highest BCUT2D eigenvalue weighted by molar-refractivity contribution is 5.97. The molecule has 1 aromatic carbocycles. The molecule has 0 amide bonds. The van der Waals surface area contributed by atoms with Crippen LogP contribution < -0.4 is 0 Å². The number of H-pyrrole nitrogens is 1. The van der Waals surface area contributed by atoms with Crippen molar-refractivity contribution in [3.8, 4) is 22.5 Å². The number of hydrogen-bond acceptors (Lipinski definition) is 3. The second-order valence-electron chi connectivity index (χ2n) is 4.87. The van der Waals surface area contributed by atoms with Gasteiger partial charge >= 0.3 is 5.97 Å². The summed E-state index contributed by atoms with van der Waals surface area (Å²) >= 11 is 0. The maximum absolute atomic E-state index is 11.5. The minimum atomic E-state index is -0.999. The third kappa shape index (κ3) is 2.62. The summed E-state index contributed by atoms with van der Waals surface area (Å²) in [6.45, 7) is -0.0891. The number of nitrogens with zero attached hydrogens (tertiary/aromatic N) is 1. The summed E-state index contributed by atoms with van der Waals surface area (Å²) in [5, 5.41) is 18.7. The van der Waals surface area contributed by atoms with Gasteiger partial charge in [0.2, 0.25) is 0 Å². The first-order valence-corrected chi connectivity index (χ1v) is 6.76. The fourth-order valence-corrected chi connectivity index (χ4v) is 2.36. The number of aliphatic hydroxyl groups excluding tert-OH is 1. The number of rotatable bonds is 4. The van der Waals surface area contributed by atoms with E-state index in [1.165, 1.54) is 0 Å². The smallest absolute Gasteiger partial charge is 0.337 e. The second kappa shape index (κ2) is 5.83. The first-order valence-electron chi connectivity index (χ1n) is 6.76. The van der Waals surface area contributed by atoms with Crippen LogP contribution in [0, 0.1) is 0 Å². The minimum absolute atomic E-state index is 0.0891. The molecule has 0 aliphatic heterocycles. The van der Waals surface area contributed by atoms with E-state index >= 15 is 0 Å². The van der Waals surface area contributed by atoms with Crippen molar-refractivity contribution in [2.45, 2.75) is 6.61 Å². The summed E-state index contributed by atoms with van der Waals surface area (Å²) < 4.78 is 0. The molecule has 22 heavy (non-hydrogen) atoms. The summed E-state index contributed by atoms with van der Waals surface area (Å²) in [5.41, 5.74) is 3.75. The molecule has 0 bridgehead atoms. The molecular formula is C17H14N2O3. The van der Waals surface area contributed by atoms with E-state index in [9.17, 15) is 15.0 Å². The second-order valence-corrected chi connectivity index (χ2v) is 4.87. The lowest BCUT2D eigenvalue weighted by Crippen LogP contribution is -1.97. The molecule has 2 aromatic heterocycles. The first-order chi connectivity index (χ1) is 10.7. The van der Waals surface area contributed by atoms with Gasteiger partial charge < -0.3 is 15.2 Å². The Morgan fingerprint density at radius 3 is 2.55 bits per heavy atom. The Balaban J connectivity index is 2.14. The normalized spacial score (nSPS) is 10.6. The fourth-order valence-electron chi connectivity index (χ4n) is 2.36. The molecule has 110 valence electrons. The van der Waals surface area contributed by atoms with Gasteiger partial charge in [0.15, 0.2) is 0 Å². The average molecular weight is 294 g/mol. The molecule has 0 unspecified atom stereocenters. The first kappa shape index (κ1) is 14.0. The van der Waals surface area contributed by atoms with Crippen LogP contribution >= 0.6 is 0 Å². The molecule has 5 heteroatoms. The van der Waals surface area contributed by atoms with E-state index < -0.39 is 5.97 Å². The lowest BCUT2D eigenvalue weighted by molar-refractivity contribution is 0.0698. The van der Waals surface area contributed by atoms with Gasteiger partial charge in [0.25, 0.3) is 0 Å². The zero-order valence-corrected chi connectivity index (χ0v) is 11.7. The van der Waals surface area contributed by atoms with Crippen molar-refractivity contribution in [3.05, 3.63) is 66.0 Å². The number of carboxylic acid groups (broad SMARTS) is 1. The van der Waals surface area contributed by atoms with Gasteiger partial charge in [-0.25, -0.2) is 4.79 Å². The Morgan fingerprint density at radius 1 is 1.09 bits per heavy atom. The van der Waals surface area contributed by atoms with Crippen LogP contribution in [0.1, 0.15) is 15.9 Å². The van der Waals surface area contributed by atoms with Crippen LogP contribution in [0.15, 0.2) is 54.9 Å². The molecule has 0 radical (unpaired) electrons. The standard InChI is InChI=1S/C17H14N2O3/c20-10-11-2-1-3-13(8-11)16-14(17(21)22)9-15(19-16)12-4-6-18-7-5-12/h1-9,19-20H,10H2,(H,21,22). The third-order valence-electron chi connectivity index (χ3n) is 3.44. The van der Waals surface area contributed by atoms with E-state index in [1.807, 2.05) is 18.2 Å². The molecule has 0 spiro atoms. The zero-order valence-electron chi connectivity index (χ0n) is 11.7. The van der Waals surface area contributed by atoms with Gasteiger partial charge in [-0.15, -0.1) is 0 Å². The van der Waals surface area contributed by atoms with Gasteiger partial charge in [-0.3, -0.25) is 4.98 Å². The Hall–Kier alpha value is -2.92. The molecule has 3 N–H and O–H groups in total. The number of benzene rings is 1. The van der Waals surface area contributed by atoms with Crippen molar-refractivity contribution in [3.63, 3.8) is 0 Å². The number of carboxylic acids is 1. The monoisotopic (exact) mass is 294 g/mol. The van der Waals surface area contributed by atoms with E-state index in [0.29, 0.717) is 11.4 Å². The average Bonchev–Trinajstić information content (AvgIpc) is 3.01. The van der Waals surface area contributed by atoms with Crippen molar-refractivity contribution >= 4 is 5.97 Å². The van der Waals surface area contributed by atoms with Crippen molar-refractivity contribution in [1.29, 1.82) is 0 Å². The molecule has 0 fully saturated rings. The molecule has 0 aliphatic carbocycles. The number of aliphatic hydroxyl groups is 1. The lowest BCUT2D eigenvalue weighted by atomic mass is 10.1. The fraction of sp³-hybridized carbons (Fsp3) is 0.0588. The van der Waals surface area contributed by atoms with Crippen molar-refractivity contribution in [1.82, 2.24) is 9.97 Å². The zero-order chi connectivity index (χ0) is 15.5. The summed E-state index contributed by atoms with van der Waals surface area (Å²) in [5.74, 6) is -0.999. The van der Waals surface area contributed by atoms with Crippen molar-refractivity contribution < 1.29 is 15.0 Å². The number of pyridine rings is 1. The van der Waals surface area contributed by atoms with Gasteiger partial charge in [-0.2, -0.15) is 0 Å². The van der Waals surface area contributed by atoms with E-state index in [2.05, 4.69) is 9.97 Å². The number of aromatic nitrogens is 2. The van der Waals surface area contributed by atoms with Gasteiger partial charge in [-0.05, 0) is 35.4 Å². The van der Waals surface area contributed by atoms with Crippen LogP contribution in [0.4, 0.5) is 0 Å². The molecule has 0 saturated heterocycles. The van der Waals surface area contributed by atoms with Crippen molar-refractivity contribution in [2.24, 2.45) is 0 Å². The largest absolute Gasteiger partial charge is 0.478 e. The molecule has 0 aliphatic rings. The summed E-state index contributed by atoms with van der Waals surface area (Å²) in [6.07, 6.45) is 3.31. The molecule has 3 aromatic rings. The predicted molar refractivity (Wildman–Crippen MR) is 82.3 cm³/mol. The van der Waals surface area contributed by atoms with Crippen LogP contribution in [-0.4, -0.2) is 26.2 Å². The molecular weight excluding hydrogens is 280 g/mol. The SMILES string of the molecule is O=C(O)c1cc(-c2ccncc2)[nH]c1-c1cccc(CO)c1. The number of aromatic amines is 1. The molecule has 0 atom stereocenters. The topological polar surface area (TPSA) is 86.2 Å². The summed E-state index contributed by atoms with van der Waals surface area (Å²) in [7, 11) is 0. The maximum atomic E-state index is 11.5. The van der Waals surface area contributed by atoms with Gasteiger partial charge in [-0.1, -0.05) is 18.2 Å². The van der Waals surface area contributed by atoms with E-state index in [-0.39, 0.29) is 12.2 Å². The summed E-state index contributed by atoms with van der Waals surface area (Å²) in [4.78, 5) is 18.6. The Morgan fingerprint density at radius 2 is 1.86 bits per heavy atom. The van der Waals surface area contributed by atoms with Crippen LogP contribution in [0.3, 0.4) is 0 Å². The third-order valence-corrected chi connectivity index (χ3v) is 3.44. The lowest BCUT2D eigenvalue weighted by Gasteiger charge is -2.03.